The molecule has 2 nitrogen and oxygen atoms in total. The van der Waals surface area contributed by atoms with Crippen LogP contribution in [-0.4, -0.2) is 17.0 Å². The van der Waals surface area contributed by atoms with Crippen LogP contribution in [0.5, 0.6) is 0 Å². The molecular formula is C10H13ClN2S2. The fourth-order valence-corrected chi connectivity index (χ4v) is 3.42. The highest BCUT2D eigenvalue weighted by atomic mass is 35.5. The number of nitrogens with zero attached hydrogens (tertiary/aromatic N) is 1. The predicted octanol–water partition coefficient (Wildman–Crippen LogP) is 3.54. The maximum atomic E-state index is 5.90. The fourth-order valence-electron chi connectivity index (χ4n) is 1.37. The van der Waals surface area contributed by atoms with Crippen molar-refractivity contribution in [2.75, 3.05) is 5.75 Å². The normalized spacial score (nSPS) is 22.6. The van der Waals surface area contributed by atoms with Crippen molar-refractivity contribution >= 4 is 39.9 Å². The van der Waals surface area contributed by atoms with Gasteiger partial charge in [0.05, 0.1) is 16.4 Å². The standard InChI is InChI=1S/C10H13ClN2S2/c1-6-5-14-10(12-6)13-7(2)8-3-4-9(11)15-8/h3-4,6-7H,5H2,1-2H3,(H,12,13). The number of halogens is 1. The minimum absolute atomic E-state index is 0.291. The van der Waals surface area contributed by atoms with E-state index in [1.807, 2.05) is 6.07 Å². The van der Waals surface area contributed by atoms with Gasteiger partial charge in [-0.3, -0.25) is 4.99 Å². The lowest BCUT2D eigenvalue weighted by atomic mass is 10.3. The van der Waals surface area contributed by atoms with Gasteiger partial charge in [0.25, 0.3) is 0 Å². The lowest BCUT2D eigenvalue weighted by molar-refractivity contribution is 0.732. The molecule has 0 bridgehead atoms. The molecule has 1 N–H and O–H groups in total. The fraction of sp³-hybridized carbons (Fsp3) is 0.500. The van der Waals surface area contributed by atoms with Crippen LogP contribution in [0.15, 0.2) is 17.1 Å². The summed E-state index contributed by atoms with van der Waals surface area (Å²) in [6.07, 6.45) is 0. The Bertz CT molecular complexity index is 375. The molecule has 15 heavy (non-hydrogen) atoms. The summed E-state index contributed by atoms with van der Waals surface area (Å²) in [6.45, 7) is 4.27. The number of amidine groups is 1. The Morgan fingerprint density at radius 3 is 2.93 bits per heavy atom. The van der Waals surface area contributed by atoms with Gasteiger partial charge in [0, 0.05) is 10.6 Å². The number of nitrogens with one attached hydrogen (secondary N) is 1. The third-order valence-corrected chi connectivity index (χ3v) is 4.72. The summed E-state index contributed by atoms with van der Waals surface area (Å²) in [5.41, 5.74) is 0. The topological polar surface area (TPSA) is 24.4 Å². The van der Waals surface area contributed by atoms with Crippen LogP contribution in [0.2, 0.25) is 4.34 Å². The van der Waals surface area contributed by atoms with Crippen molar-refractivity contribution in [2.24, 2.45) is 4.99 Å². The maximum Gasteiger partial charge on any atom is 0.157 e. The summed E-state index contributed by atoms with van der Waals surface area (Å²) in [5.74, 6) is 1.08. The average Bonchev–Trinajstić information content (AvgIpc) is 2.75. The zero-order valence-corrected chi connectivity index (χ0v) is 11.0. The van der Waals surface area contributed by atoms with Crippen LogP contribution in [0.25, 0.3) is 0 Å². The molecule has 0 amide bonds. The first kappa shape index (κ1) is 11.3. The highest BCUT2D eigenvalue weighted by Crippen LogP contribution is 2.27. The van der Waals surface area contributed by atoms with Gasteiger partial charge in [0.1, 0.15) is 0 Å². The Morgan fingerprint density at radius 1 is 1.60 bits per heavy atom. The zero-order chi connectivity index (χ0) is 10.8. The third-order valence-electron chi connectivity index (χ3n) is 2.16. The summed E-state index contributed by atoms with van der Waals surface area (Å²) >= 11 is 9.31. The van der Waals surface area contributed by atoms with E-state index in [-0.39, 0.29) is 0 Å². The second-order valence-corrected chi connectivity index (χ2v) is 6.36. The molecule has 1 aromatic rings. The minimum Gasteiger partial charge on any atom is -0.358 e. The van der Waals surface area contributed by atoms with E-state index in [2.05, 4.69) is 30.2 Å². The molecule has 2 rings (SSSR count). The van der Waals surface area contributed by atoms with Gasteiger partial charge in [-0.25, -0.2) is 0 Å². The van der Waals surface area contributed by atoms with Crippen LogP contribution in [0.3, 0.4) is 0 Å². The molecular weight excluding hydrogens is 248 g/mol. The van der Waals surface area contributed by atoms with Crippen LogP contribution >= 0.6 is 34.7 Å². The van der Waals surface area contributed by atoms with Crippen molar-refractivity contribution in [3.8, 4) is 0 Å². The molecule has 0 saturated heterocycles. The first-order valence-corrected chi connectivity index (χ1v) is 7.05. The first-order valence-electron chi connectivity index (χ1n) is 4.87. The van der Waals surface area contributed by atoms with Gasteiger partial charge in [-0.2, -0.15) is 0 Å². The Balaban J connectivity index is 1.98. The van der Waals surface area contributed by atoms with Gasteiger partial charge in [-0.05, 0) is 26.0 Å². The molecule has 0 radical (unpaired) electrons. The van der Waals surface area contributed by atoms with Crippen molar-refractivity contribution in [3.63, 3.8) is 0 Å². The van der Waals surface area contributed by atoms with Crippen LogP contribution in [0.4, 0.5) is 0 Å². The number of hydrogen-bond donors (Lipinski definition) is 1. The van der Waals surface area contributed by atoms with E-state index >= 15 is 0 Å². The first-order chi connectivity index (χ1) is 7.15. The zero-order valence-electron chi connectivity index (χ0n) is 8.66. The molecule has 1 aromatic heterocycles. The Labute approximate surface area is 103 Å². The Kier molecular flexibility index (Phi) is 3.59. The number of rotatable bonds is 2. The molecule has 0 spiro atoms. The number of hydrogen-bond acceptors (Lipinski definition) is 4. The van der Waals surface area contributed by atoms with Crippen LogP contribution in [0, 0.1) is 0 Å². The molecule has 0 fully saturated rings. The molecule has 0 saturated carbocycles. The Morgan fingerprint density at radius 2 is 2.40 bits per heavy atom. The second kappa shape index (κ2) is 4.76. The van der Waals surface area contributed by atoms with Crippen LogP contribution in [-0.2, 0) is 0 Å². The Hall–Kier alpha value is -0.190. The quantitative estimate of drug-likeness (QED) is 0.880. The summed E-state index contributed by atoms with van der Waals surface area (Å²) < 4.78 is 0.841. The van der Waals surface area contributed by atoms with Crippen molar-refractivity contribution < 1.29 is 0 Å². The van der Waals surface area contributed by atoms with Gasteiger partial charge >= 0.3 is 0 Å². The van der Waals surface area contributed by atoms with Gasteiger partial charge < -0.3 is 5.32 Å². The molecule has 0 aliphatic carbocycles. The summed E-state index contributed by atoms with van der Waals surface area (Å²) in [6, 6.07) is 4.73. The highest BCUT2D eigenvalue weighted by molar-refractivity contribution is 8.14. The molecule has 0 aromatic carbocycles. The monoisotopic (exact) mass is 260 g/mol. The molecule has 82 valence electrons. The molecule has 2 unspecified atom stereocenters. The van der Waals surface area contributed by atoms with Gasteiger partial charge in [-0.1, -0.05) is 23.4 Å². The SMILES string of the molecule is CC1CSC(NC(C)c2ccc(Cl)s2)=N1. The largest absolute Gasteiger partial charge is 0.358 e. The van der Waals surface area contributed by atoms with Gasteiger partial charge in [0.2, 0.25) is 0 Å². The van der Waals surface area contributed by atoms with Crippen molar-refractivity contribution in [3.05, 3.63) is 21.3 Å². The van der Waals surface area contributed by atoms with Gasteiger partial charge in [-0.15, -0.1) is 11.3 Å². The van der Waals surface area contributed by atoms with E-state index in [0.29, 0.717) is 12.1 Å². The smallest absolute Gasteiger partial charge is 0.157 e. The summed E-state index contributed by atoms with van der Waals surface area (Å²) in [4.78, 5) is 5.75. The van der Waals surface area contributed by atoms with E-state index in [1.165, 1.54) is 4.88 Å². The minimum atomic E-state index is 0.291. The summed E-state index contributed by atoms with van der Waals surface area (Å²) in [7, 11) is 0. The molecule has 1 aliphatic rings. The summed E-state index contributed by atoms with van der Waals surface area (Å²) in [5, 5.41) is 4.46. The number of thiophene rings is 1. The molecule has 5 heteroatoms. The van der Waals surface area contributed by atoms with Crippen LogP contribution in [0.1, 0.15) is 24.8 Å². The maximum absolute atomic E-state index is 5.90. The highest BCUT2D eigenvalue weighted by Gasteiger charge is 2.16. The molecule has 2 atom stereocenters. The molecule has 1 aliphatic heterocycles. The molecule has 2 heterocycles. The van der Waals surface area contributed by atoms with E-state index in [0.717, 1.165) is 15.3 Å². The lowest BCUT2D eigenvalue weighted by Gasteiger charge is -2.12. The van der Waals surface area contributed by atoms with E-state index in [1.54, 1.807) is 23.1 Å². The van der Waals surface area contributed by atoms with Gasteiger partial charge in [0.15, 0.2) is 5.17 Å². The third kappa shape index (κ3) is 2.89. The average molecular weight is 261 g/mol. The van der Waals surface area contributed by atoms with Crippen molar-refractivity contribution in [1.82, 2.24) is 5.32 Å². The van der Waals surface area contributed by atoms with Crippen molar-refractivity contribution in [2.45, 2.75) is 25.9 Å². The predicted molar refractivity (Wildman–Crippen MR) is 70.2 cm³/mol. The van der Waals surface area contributed by atoms with E-state index < -0.39 is 0 Å². The lowest BCUT2D eigenvalue weighted by Crippen LogP contribution is -2.22. The van der Waals surface area contributed by atoms with E-state index in [4.69, 9.17) is 11.6 Å². The number of aliphatic imine (C=N–C) groups is 1. The van der Waals surface area contributed by atoms with E-state index in [9.17, 15) is 0 Å². The van der Waals surface area contributed by atoms with Crippen molar-refractivity contribution in [1.29, 1.82) is 0 Å². The second-order valence-electron chi connectivity index (χ2n) is 3.60. The van der Waals surface area contributed by atoms with Crippen LogP contribution < -0.4 is 5.32 Å². The number of thioether (sulfide) groups is 1.